The van der Waals surface area contributed by atoms with Crippen LogP contribution in [0.15, 0.2) is 52.5 Å². The monoisotopic (exact) mass is 259 g/mol. The second-order valence-corrected chi connectivity index (χ2v) is 5.08. The summed E-state index contributed by atoms with van der Waals surface area (Å²) in [5.41, 5.74) is 1.94. The van der Waals surface area contributed by atoms with Crippen molar-refractivity contribution in [3.05, 3.63) is 53.7 Å². The van der Waals surface area contributed by atoms with Crippen LogP contribution >= 0.6 is 11.8 Å². The number of nitrogens with zero attached hydrogens (tertiary/aromatic N) is 1. The Labute approximate surface area is 110 Å². The molecule has 2 rings (SSSR count). The van der Waals surface area contributed by atoms with Gasteiger partial charge in [-0.15, -0.1) is 0 Å². The number of hydrogen-bond donors (Lipinski definition) is 1. The number of benzene rings is 1. The number of carbonyl (C=O) groups is 1. The van der Waals surface area contributed by atoms with Crippen LogP contribution in [0.2, 0.25) is 0 Å². The van der Waals surface area contributed by atoms with E-state index < -0.39 is 5.97 Å². The van der Waals surface area contributed by atoms with Crippen LogP contribution in [0, 0.1) is 6.92 Å². The highest BCUT2D eigenvalue weighted by atomic mass is 32.2. The van der Waals surface area contributed by atoms with Crippen molar-refractivity contribution in [3.63, 3.8) is 0 Å². The number of aromatic nitrogens is 1. The minimum atomic E-state index is -0.810. The van der Waals surface area contributed by atoms with E-state index in [1.165, 1.54) is 0 Å². The van der Waals surface area contributed by atoms with E-state index in [9.17, 15) is 4.79 Å². The Balaban J connectivity index is 2.06. The summed E-state index contributed by atoms with van der Waals surface area (Å²) in [7, 11) is 0. The number of carboxylic acid groups (broad SMARTS) is 1. The topological polar surface area (TPSA) is 50.2 Å². The number of aryl methyl sites for hydroxylation is 1. The maximum Gasteiger partial charge on any atom is 0.307 e. The predicted molar refractivity (Wildman–Crippen MR) is 70.9 cm³/mol. The highest BCUT2D eigenvalue weighted by Gasteiger charge is 2.02. The average Bonchev–Trinajstić information content (AvgIpc) is 2.34. The molecule has 1 aromatic heterocycles. The van der Waals surface area contributed by atoms with Crippen LogP contribution < -0.4 is 0 Å². The largest absolute Gasteiger partial charge is 0.481 e. The summed E-state index contributed by atoms with van der Waals surface area (Å²) in [6, 6.07) is 11.5. The Morgan fingerprint density at radius 1 is 1.22 bits per heavy atom. The van der Waals surface area contributed by atoms with E-state index in [0.29, 0.717) is 0 Å². The van der Waals surface area contributed by atoms with Crippen molar-refractivity contribution in [1.29, 1.82) is 0 Å². The molecule has 3 nitrogen and oxygen atoms in total. The predicted octanol–water partition coefficient (Wildman–Crippen LogP) is 3.17. The van der Waals surface area contributed by atoms with Gasteiger partial charge in [-0.25, -0.2) is 4.98 Å². The Kier molecular flexibility index (Phi) is 3.99. The van der Waals surface area contributed by atoms with E-state index in [1.54, 1.807) is 11.8 Å². The smallest absolute Gasteiger partial charge is 0.307 e. The van der Waals surface area contributed by atoms with Crippen LogP contribution in [0.1, 0.15) is 11.1 Å². The fraction of sp³-hybridized carbons (Fsp3) is 0.143. The lowest BCUT2D eigenvalue weighted by atomic mass is 10.2. The summed E-state index contributed by atoms with van der Waals surface area (Å²) < 4.78 is 0. The van der Waals surface area contributed by atoms with Crippen molar-refractivity contribution < 1.29 is 9.90 Å². The molecule has 0 aliphatic rings. The van der Waals surface area contributed by atoms with Crippen LogP contribution in [-0.4, -0.2) is 16.1 Å². The Morgan fingerprint density at radius 3 is 2.50 bits per heavy atom. The molecule has 0 radical (unpaired) electrons. The lowest BCUT2D eigenvalue weighted by Crippen LogP contribution is -1.99. The standard InChI is InChI=1S/C14H13NO2S/c1-10-2-7-13(15-9-10)18-12-5-3-11(4-6-12)8-14(16)17/h2-7,9H,8H2,1H3,(H,16,17). The van der Waals surface area contributed by atoms with Crippen molar-refractivity contribution in [2.75, 3.05) is 0 Å². The van der Waals surface area contributed by atoms with Crippen LogP contribution in [0.5, 0.6) is 0 Å². The van der Waals surface area contributed by atoms with Gasteiger partial charge in [-0.2, -0.15) is 0 Å². The average molecular weight is 259 g/mol. The molecule has 1 N–H and O–H groups in total. The molecule has 0 spiro atoms. The summed E-state index contributed by atoms with van der Waals surface area (Å²) in [6.45, 7) is 2.00. The molecule has 0 amide bonds. The molecule has 0 atom stereocenters. The Hall–Kier alpha value is -1.81. The Bertz CT molecular complexity index is 535. The summed E-state index contributed by atoms with van der Waals surface area (Å²) in [4.78, 5) is 15.9. The van der Waals surface area contributed by atoms with E-state index in [0.717, 1.165) is 21.0 Å². The number of carboxylic acids is 1. The maximum atomic E-state index is 10.6. The van der Waals surface area contributed by atoms with E-state index in [4.69, 9.17) is 5.11 Å². The van der Waals surface area contributed by atoms with Gasteiger partial charge in [0.25, 0.3) is 0 Å². The second-order valence-electron chi connectivity index (χ2n) is 3.99. The minimum Gasteiger partial charge on any atom is -0.481 e. The molecule has 0 saturated carbocycles. The molecule has 0 fully saturated rings. The van der Waals surface area contributed by atoms with Gasteiger partial charge >= 0.3 is 5.97 Å². The molecule has 1 heterocycles. The fourth-order valence-corrected chi connectivity index (χ4v) is 2.24. The van der Waals surface area contributed by atoms with Crippen LogP contribution in [0.3, 0.4) is 0 Å². The number of aliphatic carboxylic acids is 1. The molecule has 0 aliphatic carbocycles. The fourth-order valence-electron chi connectivity index (χ4n) is 1.49. The molecular weight excluding hydrogens is 246 g/mol. The molecular formula is C14H13NO2S. The SMILES string of the molecule is Cc1ccc(Sc2ccc(CC(=O)O)cc2)nc1. The highest BCUT2D eigenvalue weighted by molar-refractivity contribution is 7.99. The van der Waals surface area contributed by atoms with Gasteiger partial charge in [0.15, 0.2) is 0 Å². The van der Waals surface area contributed by atoms with Crippen molar-refractivity contribution >= 4 is 17.7 Å². The number of rotatable bonds is 4. The molecule has 18 heavy (non-hydrogen) atoms. The summed E-state index contributed by atoms with van der Waals surface area (Å²) in [5, 5.41) is 9.62. The highest BCUT2D eigenvalue weighted by Crippen LogP contribution is 2.26. The van der Waals surface area contributed by atoms with Gasteiger partial charge in [0.1, 0.15) is 5.03 Å². The van der Waals surface area contributed by atoms with Gasteiger partial charge in [0.2, 0.25) is 0 Å². The Morgan fingerprint density at radius 2 is 1.94 bits per heavy atom. The number of hydrogen-bond acceptors (Lipinski definition) is 3. The van der Waals surface area contributed by atoms with Gasteiger partial charge in [0.05, 0.1) is 6.42 Å². The van der Waals surface area contributed by atoms with Gasteiger partial charge < -0.3 is 5.11 Å². The molecule has 2 aromatic rings. The molecule has 0 aliphatic heterocycles. The second kappa shape index (κ2) is 5.69. The summed E-state index contributed by atoms with van der Waals surface area (Å²) in [5.74, 6) is -0.810. The van der Waals surface area contributed by atoms with E-state index in [2.05, 4.69) is 4.98 Å². The first kappa shape index (κ1) is 12.6. The van der Waals surface area contributed by atoms with Crippen LogP contribution in [0.25, 0.3) is 0 Å². The van der Waals surface area contributed by atoms with Gasteiger partial charge in [-0.1, -0.05) is 30.0 Å². The lowest BCUT2D eigenvalue weighted by molar-refractivity contribution is -0.136. The minimum absolute atomic E-state index is 0.0632. The van der Waals surface area contributed by atoms with Gasteiger partial charge in [-0.05, 0) is 36.2 Å². The van der Waals surface area contributed by atoms with Crippen molar-refractivity contribution in [3.8, 4) is 0 Å². The molecule has 0 bridgehead atoms. The van der Waals surface area contributed by atoms with Gasteiger partial charge in [0, 0.05) is 11.1 Å². The molecule has 0 saturated heterocycles. The number of pyridine rings is 1. The molecule has 1 aromatic carbocycles. The van der Waals surface area contributed by atoms with Gasteiger partial charge in [-0.3, -0.25) is 4.79 Å². The molecule has 0 unspecified atom stereocenters. The zero-order valence-corrected chi connectivity index (χ0v) is 10.8. The molecule has 4 heteroatoms. The van der Waals surface area contributed by atoms with E-state index in [1.807, 2.05) is 49.5 Å². The quantitative estimate of drug-likeness (QED) is 0.916. The van der Waals surface area contributed by atoms with Crippen molar-refractivity contribution in [2.24, 2.45) is 0 Å². The third-order valence-corrected chi connectivity index (χ3v) is 3.34. The first-order valence-electron chi connectivity index (χ1n) is 5.55. The maximum absolute atomic E-state index is 10.6. The zero-order chi connectivity index (χ0) is 13.0. The van der Waals surface area contributed by atoms with Crippen molar-refractivity contribution in [2.45, 2.75) is 23.3 Å². The van der Waals surface area contributed by atoms with Crippen LogP contribution in [-0.2, 0) is 11.2 Å². The summed E-state index contributed by atoms with van der Waals surface area (Å²) >= 11 is 1.57. The first-order chi connectivity index (χ1) is 8.63. The van der Waals surface area contributed by atoms with E-state index in [-0.39, 0.29) is 6.42 Å². The van der Waals surface area contributed by atoms with E-state index >= 15 is 0 Å². The third kappa shape index (κ3) is 3.60. The first-order valence-corrected chi connectivity index (χ1v) is 6.36. The normalized spacial score (nSPS) is 10.3. The summed E-state index contributed by atoms with van der Waals surface area (Å²) in [6.07, 6.45) is 1.90. The lowest BCUT2D eigenvalue weighted by Gasteiger charge is -2.02. The molecule has 92 valence electrons. The zero-order valence-electron chi connectivity index (χ0n) is 9.96. The van der Waals surface area contributed by atoms with Crippen molar-refractivity contribution in [1.82, 2.24) is 4.98 Å². The van der Waals surface area contributed by atoms with Crippen LogP contribution in [0.4, 0.5) is 0 Å². The third-order valence-electron chi connectivity index (χ3n) is 2.39.